The summed E-state index contributed by atoms with van der Waals surface area (Å²) < 4.78 is 10.2. The van der Waals surface area contributed by atoms with E-state index in [1.165, 1.54) is 12.7 Å². The lowest BCUT2D eigenvalue weighted by molar-refractivity contribution is 0.373. The van der Waals surface area contributed by atoms with Gasteiger partial charge >= 0.3 is 0 Å². The van der Waals surface area contributed by atoms with Crippen molar-refractivity contribution in [3.05, 3.63) is 53.6 Å². The highest BCUT2D eigenvalue weighted by Gasteiger charge is 2.03. The average Bonchev–Trinajstić information content (AvgIpc) is 2.66. The Kier molecular flexibility index (Phi) is 10.4. The topological polar surface area (TPSA) is 75.1 Å². The molecule has 2 aromatic rings. The molecule has 0 atom stereocenters. The number of rotatable bonds is 8. The third-order valence-corrected chi connectivity index (χ3v) is 3.87. The van der Waals surface area contributed by atoms with Gasteiger partial charge in [-0.25, -0.2) is 4.99 Å². The van der Waals surface area contributed by atoms with Crippen molar-refractivity contribution in [1.29, 1.82) is 0 Å². The van der Waals surface area contributed by atoms with Crippen molar-refractivity contribution in [2.45, 2.75) is 19.9 Å². The van der Waals surface area contributed by atoms with Crippen LogP contribution in [0.3, 0.4) is 0 Å². The second-order valence-corrected chi connectivity index (χ2v) is 5.73. The van der Waals surface area contributed by atoms with Gasteiger partial charge in [0.05, 0.1) is 20.8 Å². The number of halogens is 1. The molecule has 0 amide bonds. The van der Waals surface area contributed by atoms with Crippen LogP contribution >= 0.6 is 24.0 Å². The molecular weight excluding hydrogens is 457 g/mol. The Hall–Kier alpha value is -2.16. The Morgan fingerprint density at radius 3 is 2.30 bits per heavy atom. The lowest BCUT2D eigenvalue weighted by Gasteiger charge is -2.12. The summed E-state index contributed by atoms with van der Waals surface area (Å²) in [4.78, 5) is 4.56. The van der Waals surface area contributed by atoms with Crippen LogP contribution < -0.4 is 20.1 Å². The minimum Gasteiger partial charge on any atom is -0.504 e. The molecule has 0 aliphatic heterocycles. The van der Waals surface area contributed by atoms with Gasteiger partial charge in [0.15, 0.2) is 17.5 Å². The molecule has 0 unspecified atom stereocenters. The molecule has 0 heterocycles. The molecule has 6 nitrogen and oxygen atoms in total. The van der Waals surface area contributed by atoms with Crippen molar-refractivity contribution in [1.82, 2.24) is 10.6 Å². The molecule has 2 rings (SSSR count). The van der Waals surface area contributed by atoms with Gasteiger partial charge in [0.2, 0.25) is 0 Å². The van der Waals surface area contributed by atoms with Gasteiger partial charge in [0.1, 0.15) is 5.75 Å². The third kappa shape index (κ3) is 7.54. The highest BCUT2D eigenvalue weighted by Crippen LogP contribution is 2.26. The van der Waals surface area contributed by atoms with E-state index in [4.69, 9.17) is 9.47 Å². The molecular formula is C20H28IN3O3. The highest BCUT2D eigenvalue weighted by atomic mass is 127. The molecule has 0 saturated carbocycles. The van der Waals surface area contributed by atoms with Crippen LogP contribution in [0.25, 0.3) is 0 Å². The minimum absolute atomic E-state index is 0. The monoisotopic (exact) mass is 485 g/mol. The molecule has 0 fully saturated rings. The van der Waals surface area contributed by atoms with Gasteiger partial charge in [0.25, 0.3) is 0 Å². The molecule has 0 aliphatic rings. The van der Waals surface area contributed by atoms with Crippen molar-refractivity contribution < 1.29 is 14.6 Å². The number of benzene rings is 2. The van der Waals surface area contributed by atoms with E-state index in [-0.39, 0.29) is 29.7 Å². The summed E-state index contributed by atoms with van der Waals surface area (Å²) in [6.45, 7) is 4.05. The molecule has 3 N–H and O–H groups in total. The molecule has 27 heavy (non-hydrogen) atoms. The zero-order valence-electron chi connectivity index (χ0n) is 16.0. The largest absolute Gasteiger partial charge is 0.504 e. The van der Waals surface area contributed by atoms with Crippen molar-refractivity contribution in [3.63, 3.8) is 0 Å². The first-order chi connectivity index (χ1) is 12.7. The lowest BCUT2D eigenvalue weighted by atomic mass is 10.1. The number of phenolic OH excluding ortho intramolecular Hbond substituents is 1. The Labute approximate surface area is 178 Å². The van der Waals surface area contributed by atoms with E-state index in [2.05, 4.69) is 27.8 Å². The van der Waals surface area contributed by atoms with Gasteiger partial charge in [-0.2, -0.15) is 0 Å². The fourth-order valence-corrected chi connectivity index (χ4v) is 2.46. The molecule has 0 spiro atoms. The molecule has 0 radical (unpaired) electrons. The van der Waals surface area contributed by atoms with E-state index in [9.17, 15) is 5.11 Å². The lowest BCUT2D eigenvalue weighted by Crippen LogP contribution is -2.38. The van der Waals surface area contributed by atoms with Crippen LogP contribution in [0.1, 0.15) is 18.1 Å². The Morgan fingerprint density at radius 2 is 1.70 bits per heavy atom. The normalized spacial score (nSPS) is 10.7. The highest BCUT2D eigenvalue weighted by molar-refractivity contribution is 14.0. The number of nitrogens with one attached hydrogen (secondary N) is 2. The van der Waals surface area contributed by atoms with E-state index < -0.39 is 0 Å². The van der Waals surface area contributed by atoms with Crippen LogP contribution in [-0.4, -0.2) is 38.4 Å². The maximum atomic E-state index is 9.85. The van der Waals surface area contributed by atoms with Gasteiger partial charge in [-0.3, -0.25) is 0 Å². The van der Waals surface area contributed by atoms with Crippen molar-refractivity contribution in [2.24, 2.45) is 4.99 Å². The average molecular weight is 485 g/mol. The zero-order valence-corrected chi connectivity index (χ0v) is 18.3. The van der Waals surface area contributed by atoms with Crippen molar-refractivity contribution in [3.8, 4) is 17.2 Å². The number of aromatic hydroxyl groups is 1. The maximum absolute atomic E-state index is 9.85. The SMILES string of the molecule is CCNC(=NCc1ccc(OC)c(O)c1)NCCc1ccc(OC)cc1.I. The summed E-state index contributed by atoms with van der Waals surface area (Å²) in [5, 5.41) is 16.4. The fourth-order valence-electron chi connectivity index (χ4n) is 2.46. The molecule has 0 aliphatic carbocycles. The Morgan fingerprint density at radius 1 is 1.00 bits per heavy atom. The number of ether oxygens (including phenoxy) is 2. The van der Waals surface area contributed by atoms with Crippen LogP contribution in [-0.2, 0) is 13.0 Å². The first-order valence-electron chi connectivity index (χ1n) is 8.67. The first kappa shape index (κ1) is 22.9. The number of hydrogen-bond donors (Lipinski definition) is 3. The van der Waals surface area contributed by atoms with E-state index in [0.29, 0.717) is 12.3 Å². The summed E-state index contributed by atoms with van der Waals surface area (Å²) in [6, 6.07) is 13.3. The molecule has 0 bridgehead atoms. The van der Waals surface area contributed by atoms with Crippen molar-refractivity contribution >= 4 is 29.9 Å². The van der Waals surface area contributed by atoms with Gasteiger partial charge in [-0.1, -0.05) is 18.2 Å². The van der Waals surface area contributed by atoms with Crippen molar-refractivity contribution in [2.75, 3.05) is 27.3 Å². The quantitative estimate of drug-likeness (QED) is 0.304. The maximum Gasteiger partial charge on any atom is 0.191 e. The number of aliphatic imine (C=N–C) groups is 1. The Balaban J connectivity index is 0.00000364. The van der Waals surface area contributed by atoms with Gasteiger partial charge in [-0.05, 0) is 48.7 Å². The summed E-state index contributed by atoms with van der Waals surface area (Å²) >= 11 is 0. The summed E-state index contributed by atoms with van der Waals surface area (Å²) in [5.74, 6) is 2.19. The van der Waals surface area contributed by atoms with Gasteiger partial charge in [0, 0.05) is 13.1 Å². The molecule has 2 aromatic carbocycles. The molecule has 7 heteroatoms. The first-order valence-corrected chi connectivity index (χ1v) is 8.67. The van der Waals surface area contributed by atoms with Crippen LogP contribution in [0.15, 0.2) is 47.5 Å². The fraction of sp³-hybridized carbons (Fsp3) is 0.350. The minimum atomic E-state index is 0. The predicted molar refractivity (Wildman–Crippen MR) is 120 cm³/mol. The van der Waals surface area contributed by atoms with Crippen LogP contribution in [0.5, 0.6) is 17.2 Å². The number of methoxy groups -OCH3 is 2. The summed E-state index contributed by atoms with van der Waals surface area (Å²) in [6.07, 6.45) is 0.887. The number of phenols is 1. The number of guanidine groups is 1. The van der Waals surface area contributed by atoms with Crippen LogP contribution in [0.2, 0.25) is 0 Å². The standard InChI is InChI=1S/C20H27N3O3.HI/c1-4-21-20(22-12-11-15-5-8-17(25-2)9-6-15)23-14-16-7-10-19(26-3)18(24)13-16;/h5-10,13,24H,4,11-12,14H2,1-3H3,(H2,21,22,23);1H. The molecule has 0 saturated heterocycles. The van der Waals surface area contributed by atoms with Crippen LogP contribution in [0, 0.1) is 0 Å². The molecule has 148 valence electrons. The number of nitrogens with zero attached hydrogens (tertiary/aromatic N) is 1. The van der Waals surface area contributed by atoms with E-state index in [1.807, 2.05) is 25.1 Å². The second-order valence-electron chi connectivity index (χ2n) is 5.73. The summed E-state index contributed by atoms with van der Waals surface area (Å²) in [7, 11) is 3.20. The predicted octanol–water partition coefficient (Wildman–Crippen LogP) is 3.33. The Bertz CT molecular complexity index is 721. The van der Waals surface area contributed by atoms with E-state index >= 15 is 0 Å². The van der Waals surface area contributed by atoms with Crippen LogP contribution in [0.4, 0.5) is 0 Å². The van der Waals surface area contributed by atoms with E-state index in [1.54, 1.807) is 19.2 Å². The zero-order chi connectivity index (χ0) is 18.8. The van der Waals surface area contributed by atoms with Gasteiger partial charge in [-0.15, -0.1) is 24.0 Å². The summed E-state index contributed by atoms with van der Waals surface area (Å²) in [5.41, 5.74) is 2.14. The molecule has 0 aromatic heterocycles. The van der Waals surface area contributed by atoms with E-state index in [0.717, 1.165) is 36.8 Å². The number of hydrogen-bond acceptors (Lipinski definition) is 4. The third-order valence-electron chi connectivity index (χ3n) is 3.87. The second kappa shape index (κ2) is 12.3. The van der Waals surface area contributed by atoms with Gasteiger partial charge < -0.3 is 25.2 Å². The smallest absolute Gasteiger partial charge is 0.191 e.